The zero-order chi connectivity index (χ0) is 23.5. The van der Waals surface area contributed by atoms with Gasteiger partial charge in [-0.2, -0.15) is 0 Å². The molecule has 168 valence electrons. The maximum absolute atomic E-state index is 13.0. The number of hydrogen-bond acceptors (Lipinski definition) is 4. The molecule has 1 N–H and O–H groups in total. The van der Waals surface area contributed by atoms with Gasteiger partial charge in [-0.1, -0.05) is 66.5 Å². The highest BCUT2D eigenvalue weighted by atomic mass is 35.5. The van der Waals surface area contributed by atoms with Crippen molar-refractivity contribution in [2.24, 2.45) is 0 Å². The molecule has 0 aromatic heterocycles. The van der Waals surface area contributed by atoms with Crippen molar-refractivity contribution >= 4 is 52.4 Å². The van der Waals surface area contributed by atoms with Crippen LogP contribution in [0.5, 0.6) is 5.75 Å². The Hall–Kier alpha value is -3.35. The van der Waals surface area contributed by atoms with Gasteiger partial charge >= 0.3 is 5.97 Å². The number of anilines is 2. The number of carbonyl (C=O) groups excluding carboxylic acids is 3. The minimum atomic E-state index is -0.563. The molecule has 1 heterocycles. The van der Waals surface area contributed by atoms with E-state index in [1.807, 2.05) is 24.3 Å². The predicted octanol–water partition coefficient (Wildman–Crippen LogP) is 5.65. The molecular weight excluding hydrogens is 463 g/mol. The highest BCUT2D eigenvalue weighted by Crippen LogP contribution is 2.39. The lowest BCUT2D eigenvalue weighted by Gasteiger charge is -2.30. The van der Waals surface area contributed by atoms with Crippen molar-refractivity contribution in [3.05, 3.63) is 87.4 Å². The smallest absolute Gasteiger partial charge is 0.311 e. The van der Waals surface area contributed by atoms with Crippen LogP contribution in [0.3, 0.4) is 0 Å². The number of benzene rings is 3. The van der Waals surface area contributed by atoms with E-state index in [-0.39, 0.29) is 45.8 Å². The van der Waals surface area contributed by atoms with Gasteiger partial charge in [0.25, 0.3) is 5.91 Å². The van der Waals surface area contributed by atoms with E-state index < -0.39 is 11.9 Å². The third kappa shape index (κ3) is 4.72. The van der Waals surface area contributed by atoms with Gasteiger partial charge in [-0.15, -0.1) is 0 Å². The van der Waals surface area contributed by atoms with Gasteiger partial charge in [0.1, 0.15) is 0 Å². The fourth-order valence-electron chi connectivity index (χ4n) is 3.65. The first kappa shape index (κ1) is 22.8. The molecule has 4 rings (SSSR count). The third-order valence-electron chi connectivity index (χ3n) is 5.32. The van der Waals surface area contributed by atoms with Crippen molar-refractivity contribution in [2.75, 3.05) is 10.2 Å². The maximum Gasteiger partial charge on any atom is 0.311 e. The van der Waals surface area contributed by atoms with Gasteiger partial charge < -0.3 is 15.0 Å². The largest absolute Gasteiger partial charge is 0.422 e. The maximum atomic E-state index is 13.0. The molecule has 0 unspecified atom stereocenters. The summed E-state index contributed by atoms with van der Waals surface area (Å²) in [7, 11) is 0. The summed E-state index contributed by atoms with van der Waals surface area (Å²) in [6.45, 7) is 1.98. The number of nitrogens with one attached hydrogen (secondary N) is 1. The van der Waals surface area contributed by atoms with Gasteiger partial charge in [-0.3, -0.25) is 14.4 Å². The first-order valence-electron chi connectivity index (χ1n) is 10.3. The monoisotopic (exact) mass is 482 g/mol. The average molecular weight is 483 g/mol. The Balaban J connectivity index is 1.75. The van der Waals surface area contributed by atoms with Crippen LogP contribution in [-0.4, -0.2) is 17.8 Å². The van der Waals surface area contributed by atoms with Crippen molar-refractivity contribution in [3.8, 4) is 5.75 Å². The van der Waals surface area contributed by atoms with Crippen molar-refractivity contribution < 1.29 is 19.1 Å². The zero-order valence-electron chi connectivity index (χ0n) is 17.7. The van der Waals surface area contributed by atoms with Gasteiger partial charge in [-0.05, 0) is 35.4 Å². The topological polar surface area (TPSA) is 75.7 Å². The van der Waals surface area contributed by atoms with Crippen molar-refractivity contribution in [1.82, 2.24) is 0 Å². The van der Waals surface area contributed by atoms with E-state index in [2.05, 4.69) is 5.32 Å². The van der Waals surface area contributed by atoms with Crippen LogP contribution in [0.4, 0.5) is 11.4 Å². The van der Waals surface area contributed by atoms with Crippen LogP contribution in [0.15, 0.2) is 60.7 Å². The van der Waals surface area contributed by atoms with Gasteiger partial charge in [0.15, 0.2) is 5.75 Å². The summed E-state index contributed by atoms with van der Waals surface area (Å²) in [5, 5.41) is 3.10. The number of nitrogens with zero attached hydrogens (tertiary/aromatic N) is 1. The second-order valence-corrected chi connectivity index (χ2v) is 8.27. The Morgan fingerprint density at radius 3 is 2.33 bits per heavy atom. The predicted molar refractivity (Wildman–Crippen MR) is 128 cm³/mol. The summed E-state index contributed by atoms with van der Waals surface area (Å²) in [6, 6.07) is 17.4. The minimum Gasteiger partial charge on any atom is -0.422 e. The van der Waals surface area contributed by atoms with E-state index in [1.54, 1.807) is 48.2 Å². The number of halogens is 2. The lowest BCUT2D eigenvalue weighted by Crippen LogP contribution is -2.36. The standard InChI is InChI=1S/C25H20Cl2N2O4/c1-2-22(31)33-24-19(28-25(32)23-17(26)9-5-10-18(23)27)11-6-12-20(24)29-14-16-8-4-3-7-15(16)13-21(29)30/h3-12H,2,13-14H2,1H3,(H,28,32). The van der Waals surface area contributed by atoms with Crippen molar-refractivity contribution in [1.29, 1.82) is 0 Å². The van der Waals surface area contributed by atoms with E-state index in [1.165, 1.54) is 0 Å². The molecule has 3 aromatic rings. The van der Waals surface area contributed by atoms with Crippen LogP contribution in [0.1, 0.15) is 34.8 Å². The average Bonchev–Trinajstić information content (AvgIpc) is 2.79. The first-order chi connectivity index (χ1) is 15.9. The van der Waals surface area contributed by atoms with E-state index in [0.717, 1.165) is 11.1 Å². The van der Waals surface area contributed by atoms with Gasteiger partial charge in [0, 0.05) is 6.42 Å². The van der Waals surface area contributed by atoms with E-state index >= 15 is 0 Å². The molecular formula is C25H20Cl2N2O4. The quantitative estimate of drug-likeness (QED) is 0.376. The lowest BCUT2D eigenvalue weighted by atomic mass is 9.98. The number of hydrogen-bond donors (Lipinski definition) is 1. The molecule has 0 aliphatic carbocycles. The van der Waals surface area contributed by atoms with Crippen LogP contribution in [-0.2, 0) is 22.6 Å². The summed E-state index contributed by atoms with van der Waals surface area (Å²) >= 11 is 12.3. The summed E-state index contributed by atoms with van der Waals surface area (Å²) in [5.41, 5.74) is 2.68. The molecule has 0 spiro atoms. The second-order valence-electron chi connectivity index (χ2n) is 7.46. The molecule has 0 fully saturated rings. The number of para-hydroxylation sites is 1. The normalized spacial score (nSPS) is 12.8. The summed E-state index contributed by atoms with van der Waals surface area (Å²) in [4.78, 5) is 39.7. The number of esters is 1. The van der Waals surface area contributed by atoms with Crippen LogP contribution in [0.2, 0.25) is 10.0 Å². The third-order valence-corrected chi connectivity index (χ3v) is 5.95. The first-order valence-corrected chi connectivity index (χ1v) is 11.1. The lowest BCUT2D eigenvalue weighted by molar-refractivity contribution is -0.134. The molecule has 1 aliphatic heterocycles. The van der Waals surface area contributed by atoms with Gasteiger partial charge in [0.05, 0.1) is 39.9 Å². The van der Waals surface area contributed by atoms with Crippen LogP contribution < -0.4 is 15.0 Å². The Morgan fingerprint density at radius 2 is 1.64 bits per heavy atom. The number of fused-ring (bicyclic) bond motifs is 1. The molecule has 0 bridgehead atoms. The molecule has 0 atom stereocenters. The SMILES string of the molecule is CCC(=O)Oc1c(NC(=O)c2c(Cl)cccc2Cl)cccc1N1Cc2ccccc2CC1=O. The molecule has 6 nitrogen and oxygen atoms in total. The molecule has 33 heavy (non-hydrogen) atoms. The highest BCUT2D eigenvalue weighted by Gasteiger charge is 2.28. The molecule has 2 amide bonds. The molecule has 0 saturated carbocycles. The number of rotatable bonds is 5. The van der Waals surface area contributed by atoms with E-state index in [9.17, 15) is 14.4 Å². The minimum absolute atomic E-state index is 0.0913. The summed E-state index contributed by atoms with van der Waals surface area (Å²) in [6.07, 6.45) is 0.345. The van der Waals surface area contributed by atoms with Crippen LogP contribution in [0, 0.1) is 0 Å². The Bertz CT molecular complexity index is 1240. The molecule has 8 heteroatoms. The van der Waals surface area contributed by atoms with Gasteiger partial charge in [0.2, 0.25) is 5.91 Å². The summed E-state index contributed by atoms with van der Waals surface area (Å²) in [5.74, 6) is -1.11. The second kappa shape index (κ2) is 9.65. The Morgan fingerprint density at radius 1 is 0.970 bits per heavy atom. The zero-order valence-corrected chi connectivity index (χ0v) is 19.2. The van der Waals surface area contributed by atoms with Crippen molar-refractivity contribution in [3.63, 3.8) is 0 Å². The Kier molecular flexibility index (Phi) is 6.67. The number of amides is 2. The molecule has 0 radical (unpaired) electrons. The van der Waals surface area contributed by atoms with Crippen LogP contribution in [0.25, 0.3) is 0 Å². The number of carbonyl (C=O) groups is 3. The fourth-order valence-corrected chi connectivity index (χ4v) is 4.22. The molecule has 0 saturated heterocycles. The Labute approximate surface area is 201 Å². The van der Waals surface area contributed by atoms with Crippen LogP contribution >= 0.6 is 23.2 Å². The molecule has 1 aliphatic rings. The highest BCUT2D eigenvalue weighted by molar-refractivity contribution is 6.40. The number of ether oxygens (including phenoxy) is 1. The van der Waals surface area contributed by atoms with E-state index in [0.29, 0.717) is 12.2 Å². The summed E-state index contributed by atoms with van der Waals surface area (Å²) < 4.78 is 5.60. The van der Waals surface area contributed by atoms with Crippen molar-refractivity contribution in [2.45, 2.75) is 26.3 Å². The van der Waals surface area contributed by atoms with Gasteiger partial charge in [-0.25, -0.2) is 0 Å². The van der Waals surface area contributed by atoms with E-state index in [4.69, 9.17) is 27.9 Å². The molecule has 3 aromatic carbocycles. The fraction of sp³-hybridized carbons (Fsp3) is 0.160.